The van der Waals surface area contributed by atoms with Gasteiger partial charge in [-0.25, -0.2) is 0 Å². The molecule has 0 saturated heterocycles. The largest absolute Gasteiger partial charge is 0.497 e. The monoisotopic (exact) mass is 264 g/mol. The highest BCUT2D eigenvalue weighted by Crippen LogP contribution is 2.25. The Kier molecular flexibility index (Phi) is 4.27. The average Bonchev–Trinajstić information content (AvgIpc) is 2.83. The summed E-state index contributed by atoms with van der Waals surface area (Å²) in [5.74, 6) is 0.990. The van der Waals surface area contributed by atoms with E-state index >= 15 is 0 Å². The molecule has 5 heteroatoms. The normalized spacial score (nSPS) is 22.1. The fraction of sp³-hybridized carbons (Fsp3) is 0.500. The molecule has 5 nitrogen and oxygen atoms in total. The molecule has 1 amide bonds. The molecule has 104 valence electrons. The fourth-order valence-electron chi connectivity index (χ4n) is 2.41. The summed E-state index contributed by atoms with van der Waals surface area (Å²) in [6.07, 6.45) is 2.95. The van der Waals surface area contributed by atoms with E-state index in [0.29, 0.717) is 17.1 Å². The predicted molar refractivity (Wildman–Crippen MR) is 72.6 cm³/mol. The second kappa shape index (κ2) is 5.93. The Morgan fingerprint density at radius 1 is 1.32 bits per heavy atom. The van der Waals surface area contributed by atoms with Gasteiger partial charge in [-0.1, -0.05) is 0 Å². The van der Waals surface area contributed by atoms with Gasteiger partial charge >= 0.3 is 0 Å². The Bertz CT molecular complexity index is 462. The summed E-state index contributed by atoms with van der Waals surface area (Å²) in [5, 5.41) is 2.97. The summed E-state index contributed by atoms with van der Waals surface area (Å²) in [4.78, 5) is 12.3. The van der Waals surface area contributed by atoms with Gasteiger partial charge in [0.05, 0.1) is 19.8 Å². The summed E-state index contributed by atoms with van der Waals surface area (Å²) < 4.78 is 10.3. The molecular formula is C14H20N2O3. The Labute approximate surface area is 113 Å². The maximum atomic E-state index is 12.3. The molecule has 2 atom stereocenters. The molecule has 1 aliphatic carbocycles. The van der Waals surface area contributed by atoms with Gasteiger partial charge in [0.15, 0.2) is 0 Å². The van der Waals surface area contributed by atoms with Gasteiger partial charge in [-0.15, -0.1) is 0 Å². The molecule has 0 aromatic heterocycles. The Hall–Kier alpha value is -1.75. The van der Waals surface area contributed by atoms with E-state index in [0.717, 1.165) is 19.3 Å². The smallest absolute Gasteiger partial charge is 0.255 e. The van der Waals surface area contributed by atoms with E-state index in [2.05, 4.69) is 5.32 Å². The first-order valence-corrected chi connectivity index (χ1v) is 6.44. The number of nitrogens with one attached hydrogen (secondary N) is 1. The zero-order valence-corrected chi connectivity index (χ0v) is 11.3. The standard InChI is InChI=1S/C14H20N2O3/c1-18-9-6-7-13(19-2)10(8-9)14(17)16-12-5-3-4-11(12)15/h6-8,11-12H,3-5,15H2,1-2H3,(H,16,17). The van der Waals surface area contributed by atoms with Crippen LogP contribution in [-0.4, -0.2) is 32.2 Å². The second-order valence-corrected chi connectivity index (χ2v) is 4.74. The van der Waals surface area contributed by atoms with Crippen molar-refractivity contribution in [3.63, 3.8) is 0 Å². The Balaban J connectivity index is 2.17. The minimum absolute atomic E-state index is 0.0422. The minimum Gasteiger partial charge on any atom is -0.497 e. The van der Waals surface area contributed by atoms with Crippen molar-refractivity contribution in [2.75, 3.05) is 14.2 Å². The third kappa shape index (κ3) is 2.98. The van der Waals surface area contributed by atoms with Crippen molar-refractivity contribution in [1.82, 2.24) is 5.32 Å². The lowest BCUT2D eigenvalue weighted by Crippen LogP contribution is -2.44. The molecule has 19 heavy (non-hydrogen) atoms. The number of methoxy groups -OCH3 is 2. The van der Waals surface area contributed by atoms with E-state index in [4.69, 9.17) is 15.2 Å². The molecule has 1 aromatic carbocycles. The van der Waals surface area contributed by atoms with Crippen molar-refractivity contribution in [2.24, 2.45) is 5.73 Å². The van der Waals surface area contributed by atoms with Gasteiger partial charge in [0.2, 0.25) is 0 Å². The van der Waals surface area contributed by atoms with Gasteiger partial charge < -0.3 is 20.5 Å². The first-order chi connectivity index (χ1) is 9.15. The predicted octanol–water partition coefficient (Wildman–Crippen LogP) is 1.31. The maximum absolute atomic E-state index is 12.3. The van der Waals surface area contributed by atoms with Gasteiger partial charge in [0.1, 0.15) is 11.5 Å². The van der Waals surface area contributed by atoms with Crippen LogP contribution in [0.2, 0.25) is 0 Å². The summed E-state index contributed by atoms with van der Waals surface area (Å²) in [5.41, 5.74) is 6.43. The zero-order valence-electron chi connectivity index (χ0n) is 11.3. The Morgan fingerprint density at radius 3 is 2.68 bits per heavy atom. The molecule has 0 bridgehead atoms. The number of hydrogen-bond donors (Lipinski definition) is 2. The van der Waals surface area contributed by atoms with Gasteiger partial charge in [-0.3, -0.25) is 4.79 Å². The number of rotatable bonds is 4. The first-order valence-electron chi connectivity index (χ1n) is 6.44. The molecule has 1 saturated carbocycles. The number of nitrogens with two attached hydrogens (primary N) is 1. The highest BCUT2D eigenvalue weighted by Gasteiger charge is 2.26. The third-order valence-electron chi connectivity index (χ3n) is 3.54. The molecule has 1 fully saturated rings. The van der Waals surface area contributed by atoms with Crippen LogP contribution in [0.1, 0.15) is 29.6 Å². The highest BCUT2D eigenvalue weighted by atomic mass is 16.5. The number of carbonyl (C=O) groups excluding carboxylic acids is 1. The SMILES string of the molecule is COc1ccc(OC)c(C(=O)NC2CCCC2N)c1. The molecule has 0 heterocycles. The van der Waals surface area contributed by atoms with Crippen molar-refractivity contribution in [1.29, 1.82) is 0 Å². The minimum atomic E-state index is -0.168. The molecule has 2 rings (SSSR count). The van der Waals surface area contributed by atoms with E-state index in [1.54, 1.807) is 32.4 Å². The number of carbonyl (C=O) groups is 1. The van der Waals surface area contributed by atoms with Gasteiger partial charge in [-0.05, 0) is 37.5 Å². The topological polar surface area (TPSA) is 73.6 Å². The van der Waals surface area contributed by atoms with Crippen molar-refractivity contribution in [3.05, 3.63) is 23.8 Å². The van der Waals surface area contributed by atoms with Crippen molar-refractivity contribution >= 4 is 5.91 Å². The van der Waals surface area contributed by atoms with Crippen LogP contribution < -0.4 is 20.5 Å². The van der Waals surface area contributed by atoms with E-state index < -0.39 is 0 Å². The van der Waals surface area contributed by atoms with Crippen LogP contribution in [0.25, 0.3) is 0 Å². The summed E-state index contributed by atoms with van der Waals surface area (Å²) in [7, 11) is 3.11. The molecule has 0 radical (unpaired) electrons. The lowest BCUT2D eigenvalue weighted by Gasteiger charge is -2.18. The van der Waals surface area contributed by atoms with Crippen molar-refractivity contribution in [3.8, 4) is 11.5 Å². The van der Waals surface area contributed by atoms with E-state index in [1.165, 1.54) is 0 Å². The van der Waals surface area contributed by atoms with E-state index in [9.17, 15) is 4.79 Å². The van der Waals surface area contributed by atoms with Crippen LogP contribution in [0.5, 0.6) is 11.5 Å². The Morgan fingerprint density at radius 2 is 2.11 bits per heavy atom. The van der Waals surface area contributed by atoms with Gasteiger partial charge in [-0.2, -0.15) is 0 Å². The molecule has 3 N–H and O–H groups in total. The van der Waals surface area contributed by atoms with Crippen LogP contribution in [0.15, 0.2) is 18.2 Å². The lowest BCUT2D eigenvalue weighted by molar-refractivity contribution is 0.0931. The fourth-order valence-corrected chi connectivity index (χ4v) is 2.41. The van der Waals surface area contributed by atoms with E-state index in [-0.39, 0.29) is 18.0 Å². The van der Waals surface area contributed by atoms with Crippen LogP contribution >= 0.6 is 0 Å². The number of ether oxygens (including phenoxy) is 2. The summed E-state index contributed by atoms with van der Waals surface area (Å²) >= 11 is 0. The van der Waals surface area contributed by atoms with Crippen LogP contribution in [0.4, 0.5) is 0 Å². The molecule has 1 aliphatic rings. The van der Waals surface area contributed by atoms with Gasteiger partial charge in [0, 0.05) is 12.1 Å². The summed E-state index contributed by atoms with van der Waals surface area (Å²) in [6, 6.07) is 5.25. The number of benzene rings is 1. The quantitative estimate of drug-likeness (QED) is 0.860. The van der Waals surface area contributed by atoms with Crippen LogP contribution in [-0.2, 0) is 0 Å². The molecule has 2 unspecified atom stereocenters. The van der Waals surface area contributed by atoms with Gasteiger partial charge in [0.25, 0.3) is 5.91 Å². The lowest BCUT2D eigenvalue weighted by atomic mass is 10.1. The number of amides is 1. The van der Waals surface area contributed by atoms with E-state index in [1.807, 2.05) is 0 Å². The second-order valence-electron chi connectivity index (χ2n) is 4.74. The molecular weight excluding hydrogens is 244 g/mol. The maximum Gasteiger partial charge on any atom is 0.255 e. The van der Waals surface area contributed by atoms with Crippen molar-refractivity contribution in [2.45, 2.75) is 31.3 Å². The zero-order chi connectivity index (χ0) is 13.8. The molecule has 1 aromatic rings. The van der Waals surface area contributed by atoms with Crippen molar-refractivity contribution < 1.29 is 14.3 Å². The average molecular weight is 264 g/mol. The molecule has 0 spiro atoms. The number of hydrogen-bond acceptors (Lipinski definition) is 4. The van der Waals surface area contributed by atoms with Crippen LogP contribution in [0.3, 0.4) is 0 Å². The first kappa shape index (κ1) is 13.7. The highest BCUT2D eigenvalue weighted by molar-refractivity contribution is 5.97. The third-order valence-corrected chi connectivity index (χ3v) is 3.54. The molecule has 0 aliphatic heterocycles. The van der Waals surface area contributed by atoms with Crippen LogP contribution in [0, 0.1) is 0 Å². The summed E-state index contributed by atoms with van der Waals surface area (Å²) in [6.45, 7) is 0.